The van der Waals surface area contributed by atoms with E-state index in [2.05, 4.69) is 79.3 Å². The Morgan fingerprint density at radius 1 is 0.965 bits per heavy atom. The molecule has 7 rings (SSSR count). The molecule has 57 heavy (non-hydrogen) atoms. The van der Waals surface area contributed by atoms with Gasteiger partial charge in [0.05, 0.1) is 22.4 Å². The molecule has 2 aliphatic rings. The average molecular weight is 759 g/mol. The Labute approximate surface area is 332 Å². The predicted octanol–water partition coefficient (Wildman–Crippen LogP) is 9.64. The van der Waals surface area contributed by atoms with E-state index in [1.165, 1.54) is 6.07 Å². The van der Waals surface area contributed by atoms with Crippen molar-refractivity contribution in [2.24, 2.45) is 0 Å². The van der Waals surface area contributed by atoms with Crippen LogP contribution in [0.4, 0.5) is 17.1 Å². The maximum Gasteiger partial charge on any atom is 0.305 e. The first-order valence-corrected chi connectivity index (χ1v) is 18.9. The monoisotopic (exact) mass is 758 g/mol. The number of hydrogen-bond acceptors (Lipinski definition) is 6. The molecule has 9 heteroatoms. The van der Waals surface area contributed by atoms with E-state index in [1.54, 1.807) is 12.1 Å². The number of ether oxygens (including phenoxy) is 1. The average Bonchev–Trinajstić information content (AvgIpc) is 3.58. The lowest BCUT2D eigenvalue weighted by Crippen LogP contribution is -2.34. The van der Waals surface area contributed by atoms with Crippen molar-refractivity contribution < 1.29 is 28.9 Å². The van der Waals surface area contributed by atoms with Crippen LogP contribution in [-0.4, -0.2) is 52.5 Å². The Hall–Kier alpha value is -6.79. The quantitative estimate of drug-likeness (QED) is 0.0186. The minimum absolute atomic E-state index is 0.0337. The summed E-state index contributed by atoms with van der Waals surface area (Å²) in [5.74, 6) is 1.95. The highest BCUT2D eigenvalue weighted by Crippen LogP contribution is 2.54. The summed E-state index contributed by atoms with van der Waals surface area (Å²) in [6.07, 6.45) is 12.5. The number of carboxylic acids is 1. The number of fused-ring (bicyclic) bond motifs is 7. The molecule has 9 nitrogen and oxygen atoms in total. The molecule has 0 fully saturated rings. The van der Waals surface area contributed by atoms with Gasteiger partial charge in [-0.2, -0.15) is 4.58 Å². The number of non-ortho nitro benzene ring substituents is 1. The van der Waals surface area contributed by atoms with Gasteiger partial charge in [-0.15, -0.1) is 12.3 Å². The van der Waals surface area contributed by atoms with Gasteiger partial charge in [0, 0.05) is 58.8 Å². The van der Waals surface area contributed by atoms with Crippen molar-refractivity contribution in [2.75, 3.05) is 24.6 Å². The van der Waals surface area contributed by atoms with Crippen molar-refractivity contribution in [3.63, 3.8) is 0 Å². The van der Waals surface area contributed by atoms with E-state index in [0.29, 0.717) is 13.0 Å². The summed E-state index contributed by atoms with van der Waals surface area (Å²) in [5, 5.41) is 26.3. The van der Waals surface area contributed by atoms with E-state index < -0.39 is 21.7 Å². The fourth-order valence-electron chi connectivity index (χ4n) is 9.00. The Morgan fingerprint density at radius 2 is 1.61 bits per heavy atom. The van der Waals surface area contributed by atoms with Gasteiger partial charge in [-0.25, -0.2) is 0 Å². The summed E-state index contributed by atoms with van der Waals surface area (Å²) in [4.78, 5) is 37.0. The molecule has 0 radical (unpaired) electrons. The second kappa shape index (κ2) is 15.4. The maximum absolute atomic E-state index is 12.1. The van der Waals surface area contributed by atoms with Crippen molar-refractivity contribution in [2.45, 2.75) is 51.4 Å². The Bertz CT molecular complexity index is 2630. The third-order valence-corrected chi connectivity index (χ3v) is 11.4. The summed E-state index contributed by atoms with van der Waals surface area (Å²) >= 11 is 0. The number of carboxylic acid groups (broad SMARTS) is 1. The van der Waals surface area contributed by atoms with E-state index in [1.807, 2.05) is 60.9 Å². The lowest BCUT2D eigenvalue weighted by Gasteiger charge is -2.27. The number of benzene rings is 5. The number of nitro groups is 1. The molecule has 0 amide bonds. The molecule has 0 saturated carbocycles. The van der Waals surface area contributed by atoms with E-state index in [0.717, 1.165) is 72.2 Å². The van der Waals surface area contributed by atoms with Crippen molar-refractivity contribution in [3.05, 3.63) is 153 Å². The van der Waals surface area contributed by atoms with Crippen LogP contribution in [0.3, 0.4) is 0 Å². The van der Waals surface area contributed by atoms with Crippen molar-refractivity contribution in [1.29, 1.82) is 0 Å². The smallest absolute Gasteiger partial charge is 0.305 e. The first kappa shape index (κ1) is 38.5. The number of hydrogen-bond donors (Lipinski definition) is 1. The SMILES string of the molecule is C#CCC1(C)C(/C(C)=C/C(=C/C=C2\N(CCC(=O)O)c3c(c4ccccc4c4ccccc34)C2(C)C)c2ccccc2)=[N+](CCOC=O)c2ccc([N+](=O)[O-])cc21. The Balaban J connectivity index is 1.45. The summed E-state index contributed by atoms with van der Waals surface area (Å²) in [6.45, 7) is 9.52. The first-order chi connectivity index (χ1) is 27.4. The molecule has 1 unspecified atom stereocenters. The largest absolute Gasteiger partial charge is 0.481 e. The molecule has 0 spiro atoms. The zero-order valence-corrected chi connectivity index (χ0v) is 32.5. The minimum atomic E-state index is -0.872. The van der Waals surface area contributed by atoms with Gasteiger partial charge < -0.3 is 14.7 Å². The molecule has 2 heterocycles. The van der Waals surface area contributed by atoms with Gasteiger partial charge in [-0.1, -0.05) is 98.8 Å². The molecule has 0 aliphatic carbocycles. The summed E-state index contributed by atoms with van der Waals surface area (Å²) in [7, 11) is 0. The Kier molecular flexibility index (Phi) is 10.4. The molecular weight excluding hydrogens is 715 g/mol. The van der Waals surface area contributed by atoms with Crippen LogP contribution in [-0.2, 0) is 25.2 Å². The van der Waals surface area contributed by atoms with Crippen LogP contribution in [0.15, 0.2) is 127 Å². The number of aliphatic carboxylic acids is 1. The van der Waals surface area contributed by atoms with Gasteiger partial charge in [0.25, 0.3) is 12.2 Å². The zero-order chi connectivity index (χ0) is 40.5. The lowest BCUT2D eigenvalue weighted by atomic mass is 9.74. The van der Waals surface area contributed by atoms with Gasteiger partial charge in [-0.3, -0.25) is 19.7 Å². The fraction of sp³-hybridized carbons (Fsp3) is 0.229. The molecule has 5 aromatic carbocycles. The number of nitrogens with zero attached hydrogens (tertiary/aromatic N) is 3. The van der Waals surface area contributed by atoms with Crippen LogP contribution >= 0.6 is 0 Å². The Morgan fingerprint density at radius 3 is 2.26 bits per heavy atom. The highest BCUT2D eigenvalue weighted by molar-refractivity contribution is 6.17. The third kappa shape index (κ3) is 6.78. The highest BCUT2D eigenvalue weighted by atomic mass is 16.6. The van der Waals surface area contributed by atoms with Crippen LogP contribution in [0.5, 0.6) is 0 Å². The van der Waals surface area contributed by atoms with E-state index >= 15 is 0 Å². The molecule has 2 aliphatic heterocycles. The number of carbonyl (C=O) groups excluding carboxylic acids is 1. The predicted molar refractivity (Wildman–Crippen MR) is 226 cm³/mol. The number of terminal acetylenes is 1. The van der Waals surface area contributed by atoms with Crippen LogP contribution < -0.4 is 4.90 Å². The van der Waals surface area contributed by atoms with Crippen molar-refractivity contribution in [3.8, 4) is 12.3 Å². The van der Waals surface area contributed by atoms with Crippen LogP contribution in [0.2, 0.25) is 0 Å². The number of anilines is 1. The van der Waals surface area contributed by atoms with Crippen molar-refractivity contribution in [1.82, 2.24) is 0 Å². The van der Waals surface area contributed by atoms with Crippen LogP contribution in [0, 0.1) is 22.5 Å². The molecule has 0 saturated heterocycles. The summed E-state index contributed by atoms with van der Waals surface area (Å²) < 4.78 is 7.20. The van der Waals surface area contributed by atoms with E-state index in [4.69, 9.17) is 11.2 Å². The number of nitro benzene ring substituents is 1. The van der Waals surface area contributed by atoms with Crippen LogP contribution in [0.1, 0.15) is 57.2 Å². The first-order valence-electron chi connectivity index (χ1n) is 18.9. The number of carbonyl (C=O) groups is 2. The lowest BCUT2D eigenvalue weighted by molar-refractivity contribution is -0.441. The second-order valence-electron chi connectivity index (χ2n) is 15.2. The normalized spacial score (nSPS) is 18.2. The molecule has 0 bridgehead atoms. The summed E-state index contributed by atoms with van der Waals surface area (Å²) in [5.41, 5.74) is 6.88. The number of allylic oxidation sites excluding steroid dienone is 6. The van der Waals surface area contributed by atoms with Gasteiger partial charge in [0.2, 0.25) is 5.69 Å². The standard InChI is InChI=1S/C48H43N3O6/c1-6-25-48(5)40-30-35(51(55)56)21-22-41(40)49(27-28-57-31-52)46(48)32(2)29-34(33-14-8-7-9-15-33)20-23-42-47(3,4)44-38-18-12-10-16-36(38)37-17-11-13-19-39(37)45(44)50(42)26-24-43(53)54/h1,7-23,29-31H,24-28H2,2-5H3/p+1. The maximum atomic E-state index is 12.1. The molecule has 0 aromatic heterocycles. The molecule has 1 atom stereocenters. The molecule has 1 N–H and O–H groups in total. The third-order valence-electron chi connectivity index (χ3n) is 11.4. The van der Waals surface area contributed by atoms with Crippen molar-refractivity contribution >= 4 is 62.3 Å². The van der Waals surface area contributed by atoms with Gasteiger partial charge in [0.1, 0.15) is 6.61 Å². The van der Waals surface area contributed by atoms with Crippen LogP contribution in [0.25, 0.3) is 27.1 Å². The topological polar surface area (TPSA) is 113 Å². The van der Waals surface area contributed by atoms with E-state index in [-0.39, 0.29) is 31.7 Å². The van der Waals surface area contributed by atoms with E-state index in [9.17, 15) is 24.8 Å². The summed E-state index contributed by atoms with van der Waals surface area (Å²) in [6, 6.07) is 31.6. The zero-order valence-electron chi connectivity index (χ0n) is 32.5. The second-order valence-corrected chi connectivity index (χ2v) is 15.2. The van der Waals surface area contributed by atoms with Gasteiger partial charge in [0.15, 0.2) is 12.3 Å². The molecule has 286 valence electrons. The fourth-order valence-corrected chi connectivity index (χ4v) is 9.00. The molecular formula is C48H44N3O6+. The van der Waals surface area contributed by atoms with Gasteiger partial charge in [-0.05, 0) is 58.9 Å². The molecule has 5 aromatic rings. The number of rotatable bonds is 13. The minimum Gasteiger partial charge on any atom is -0.481 e. The highest BCUT2D eigenvalue weighted by Gasteiger charge is 2.50. The van der Waals surface area contributed by atoms with Gasteiger partial charge >= 0.3 is 5.97 Å².